The third-order valence-electron chi connectivity index (χ3n) is 2.26. The number of Topliss-reactive ketones (excluding diaryl/α,β-unsaturated/α-hetero) is 1. The zero-order chi connectivity index (χ0) is 12.0. The summed E-state index contributed by atoms with van der Waals surface area (Å²) < 4.78 is 0. The Labute approximate surface area is 96.4 Å². The van der Waals surface area contributed by atoms with Gasteiger partial charge in [-0.05, 0) is 26.0 Å². The van der Waals surface area contributed by atoms with Crippen molar-refractivity contribution in [2.24, 2.45) is 0 Å². The van der Waals surface area contributed by atoms with Crippen LogP contribution >= 0.6 is 0 Å². The Bertz CT molecular complexity index is 438. The van der Waals surface area contributed by atoms with Gasteiger partial charge in [-0.25, -0.2) is 0 Å². The maximum atomic E-state index is 11.4. The van der Waals surface area contributed by atoms with Crippen LogP contribution in [0.25, 0.3) is 0 Å². The number of para-hydroxylation sites is 1. The van der Waals surface area contributed by atoms with Gasteiger partial charge in [0.25, 0.3) is 0 Å². The van der Waals surface area contributed by atoms with Gasteiger partial charge >= 0.3 is 0 Å². The summed E-state index contributed by atoms with van der Waals surface area (Å²) in [5, 5.41) is 3.17. The molecule has 0 atom stereocenters. The Morgan fingerprint density at radius 3 is 2.44 bits per heavy atom. The molecule has 2 heteroatoms. The predicted octanol–water partition coefficient (Wildman–Crippen LogP) is 2.98. The van der Waals surface area contributed by atoms with E-state index in [9.17, 15) is 4.79 Å². The lowest BCUT2D eigenvalue weighted by Crippen LogP contribution is -2.06. The van der Waals surface area contributed by atoms with Crippen LogP contribution in [0.2, 0.25) is 0 Å². The topological polar surface area (TPSA) is 29.1 Å². The van der Waals surface area contributed by atoms with Gasteiger partial charge < -0.3 is 5.32 Å². The first-order valence-corrected chi connectivity index (χ1v) is 5.11. The fourth-order valence-electron chi connectivity index (χ4n) is 1.44. The molecule has 1 rings (SSSR count). The zero-order valence-corrected chi connectivity index (χ0v) is 9.58. The summed E-state index contributed by atoms with van der Waals surface area (Å²) in [6, 6.07) is 9.69. The third-order valence-corrected chi connectivity index (χ3v) is 2.26. The van der Waals surface area contributed by atoms with E-state index in [1.807, 2.05) is 37.3 Å². The van der Waals surface area contributed by atoms with E-state index in [2.05, 4.69) is 11.2 Å². The van der Waals surface area contributed by atoms with Crippen LogP contribution in [0.5, 0.6) is 0 Å². The van der Waals surface area contributed by atoms with Crippen molar-refractivity contribution in [2.45, 2.75) is 20.3 Å². The molecule has 0 bridgehead atoms. The van der Waals surface area contributed by atoms with Crippen molar-refractivity contribution in [3.05, 3.63) is 41.6 Å². The third kappa shape index (κ3) is 3.29. The van der Waals surface area contributed by atoms with Crippen LogP contribution in [-0.2, 0) is 4.79 Å². The van der Waals surface area contributed by atoms with Crippen LogP contribution in [0.4, 0.5) is 5.69 Å². The van der Waals surface area contributed by atoms with E-state index in [-0.39, 0.29) is 5.78 Å². The minimum Gasteiger partial charge on any atom is -0.359 e. The molecule has 0 aliphatic heterocycles. The molecule has 1 aromatic rings. The fourth-order valence-corrected chi connectivity index (χ4v) is 1.44. The molecule has 0 fully saturated rings. The van der Waals surface area contributed by atoms with E-state index in [4.69, 9.17) is 6.42 Å². The molecule has 16 heavy (non-hydrogen) atoms. The number of ketones is 1. The van der Waals surface area contributed by atoms with E-state index < -0.39 is 0 Å². The second-order valence-corrected chi connectivity index (χ2v) is 3.53. The van der Waals surface area contributed by atoms with Crippen molar-refractivity contribution in [3.8, 4) is 12.3 Å². The molecule has 0 aliphatic carbocycles. The van der Waals surface area contributed by atoms with Gasteiger partial charge in [0.05, 0.1) is 0 Å². The van der Waals surface area contributed by atoms with Crippen molar-refractivity contribution in [1.82, 2.24) is 0 Å². The SMILES string of the molecule is C#CC/C(C(C)=O)=C(\C)Nc1ccccc1. The normalized spacial score (nSPS) is 11.3. The van der Waals surface area contributed by atoms with Crippen LogP contribution in [0, 0.1) is 12.3 Å². The fraction of sp³-hybridized carbons (Fsp3) is 0.214. The first-order valence-electron chi connectivity index (χ1n) is 5.11. The number of rotatable bonds is 4. The lowest BCUT2D eigenvalue weighted by Gasteiger charge is -2.10. The van der Waals surface area contributed by atoms with Crippen LogP contribution in [-0.4, -0.2) is 5.78 Å². The molecule has 0 aromatic heterocycles. The van der Waals surface area contributed by atoms with E-state index in [1.165, 1.54) is 6.92 Å². The quantitative estimate of drug-likeness (QED) is 0.615. The number of terminal acetylenes is 1. The van der Waals surface area contributed by atoms with Crippen molar-refractivity contribution in [3.63, 3.8) is 0 Å². The number of carbonyl (C=O) groups is 1. The van der Waals surface area contributed by atoms with Gasteiger partial charge in [0.2, 0.25) is 0 Å². The van der Waals surface area contributed by atoms with E-state index >= 15 is 0 Å². The first kappa shape index (κ1) is 12.1. The zero-order valence-electron chi connectivity index (χ0n) is 9.58. The Morgan fingerprint density at radius 2 is 1.94 bits per heavy atom. The molecule has 0 saturated heterocycles. The number of hydrogen-bond acceptors (Lipinski definition) is 2. The Morgan fingerprint density at radius 1 is 1.31 bits per heavy atom. The van der Waals surface area contributed by atoms with Gasteiger partial charge in [0, 0.05) is 23.4 Å². The molecular formula is C14H15NO. The highest BCUT2D eigenvalue weighted by atomic mass is 16.1. The number of nitrogens with one attached hydrogen (secondary N) is 1. The van der Waals surface area contributed by atoms with E-state index in [0.29, 0.717) is 12.0 Å². The van der Waals surface area contributed by atoms with Crippen LogP contribution in [0.3, 0.4) is 0 Å². The van der Waals surface area contributed by atoms with Crippen LogP contribution in [0.15, 0.2) is 41.6 Å². The highest BCUT2D eigenvalue weighted by Gasteiger charge is 2.06. The Balaban J connectivity index is 2.90. The molecule has 0 saturated carbocycles. The highest BCUT2D eigenvalue weighted by molar-refractivity contribution is 5.94. The van der Waals surface area contributed by atoms with Gasteiger partial charge in [-0.1, -0.05) is 18.2 Å². The van der Waals surface area contributed by atoms with Gasteiger partial charge in [-0.2, -0.15) is 0 Å². The summed E-state index contributed by atoms with van der Waals surface area (Å²) in [6.07, 6.45) is 5.60. The second-order valence-electron chi connectivity index (χ2n) is 3.53. The second kappa shape index (κ2) is 5.77. The number of hydrogen-bond donors (Lipinski definition) is 1. The van der Waals surface area contributed by atoms with E-state index in [0.717, 1.165) is 11.4 Å². The Kier molecular flexibility index (Phi) is 4.35. The average Bonchev–Trinajstić information content (AvgIpc) is 2.26. The summed E-state index contributed by atoms with van der Waals surface area (Å²) in [4.78, 5) is 11.4. The molecule has 0 spiro atoms. The molecule has 2 nitrogen and oxygen atoms in total. The van der Waals surface area contributed by atoms with Gasteiger partial charge in [0.15, 0.2) is 5.78 Å². The predicted molar refractivity (Wildman–Crippen MR) is 66.9 cm³/mol. The minimum atomic E-state index is 0.0129. The molecule has 1 aromatic carbocycles. The monoisotopic (exact) mass is 213 g/mol. The van der Waals surface area contributed by atoms with Crippen LogP contribution < -0.4 is 5.32 Å². The summed E-state index contributed by atoms with van der Waals surface area (Å²) in [5.74, 6) is 2.51. The molecule has 0 heterocycles. The van der Waals surface area contributed by atoms with Crippen LogP contribution in [0.1, 0.15) is 20.3 Å². The number of anilines is 1. The van der Waals surface area contributed by atoms with E-state index in [1.54, 1.807) is 0 Å². The summed E-state index contributed by atoms with van der Waals surface area (Å²) in [7, 11) is 0. The number of allylic oxidation sites excluding steroid dienone is 2. The maximum absolute atomic E-state index is 11.4. The highest BCUT2D eigenvalue weighted by Crippen LogP contribution is 2.14. The molecule has 0 aliphatic rings. The molecule has 0 radical (unpaired) electrons. The molecule has 0 amide bonds. The van der Waals surface area contributed by atoms with Crippen molar-refractivity contribution in [1.29, 1.82) is 0 Å². The molecular weight excluding hydrogens is 198 g/mol. The minimum absolute atomic E-state index is 0.0129. The maximum Gasteiger partial charge on any atom is 0.158 e. The number of benzene rings is 1. The largest absolute Gasteiger partial charge is 0.359 e. The lowest BCUT2D eigenvalue weighted by atomic mass is 10.1. The van der Waals surface area contributed by atoms with Crippen molar-refractivity contribution < 1.29 is 4.79 Å². The molecule has 1 N–H and O–H groups in total. The standard InChI is InChI=1S/C14H15NO/c1-4-8-14(12(3)16)11(2)15-13-9-6-5-7-10-13/h1,5-7,9-10,15H,8H2,2-3H3/b14-11-. The van der Waals surface area contributed by atoms with Gasteiger partial charge in [-0.15, -0.1) is 12.3 Å². The van der Waals surface area contributed by atoms with Crippen molar-refractivity contribution >= 4 is 11.5 Å². The lowest BCUT2D eigenvalue weighted by molar-refractivity contribution is -0.113. The smallest absolute Gasteiger partial charge is 0.158 e. The first-order chi connectivity index (χ1) is 7.65. The molecule has 82 valence electrons. The van der Waals surface area contributed by atoms with Crippen molar-refractivity contribution in [2.75, 3.05) is 5.32 Å². The van der Waals surface area contributed by atoms with Gasteiger partial charge in [0.1, 0.15) is 0 Å². The summed E-state index contributed by atoms with van der Waals surface area (Å²) >= 11 is 0. The average molecular weight is 213 g/mol. The Hall–Kier alpha value is -2.01. The number of carbonyl (C=O) groups excluding carboxylic acids is 1. The summed E-state index contributed by atoms with van der Waals surface area (Å²) in [5.41, 5.74) is 2.43. The summed E-state index contributed by atoms with van der Waals surface area (Å²) in [6.45, 7) is 3.39. The molecule has 0 unspecified atom stereocenters. The van der Waals surface area contributed by atoms with Gasteiger partial charge in [-0.3, -0.25) is 4.79 Å².